The second kappa shape index (κ2) is 13.4. The van der Waals surface area contributed by atoms with Gasteiger partial charge in [-0.3, -0.25) is 9.89 Å². The third kappa shape index (κ3) is 9.63. The van der Waals surface area contributed by atoms with Gasteiger partial charge in [0, 0.05) is 38.6 Å². The Kier molecular flexibility index (Phi) is 12.1. The minimum absolute atomic E-state index is 0. The van der Waals surface area contributed by atoms with Crippen molar-refractivity contribution in [3.8, 4) is 0 Å². The summed E-state index contributed by atoms with van der Waals surface area (Å²) >= 11 is 0. The van der Waals surface area contributed by atoms with Crippen LogP contribution < -0.4 is 10.6 Å². The lowest BCUT2D eigenvalue weighted by molar-refractivity contribution is -0.0180. The van der Waals surface area contributed by atoms with Crippen LogP contribution in [0.4, 0.5) is 0 Å². The predicted molar refractivity (Wildman–Crippen MR) is 131 cm³/mol. The van der Waals surface area contributed by atoms with Crippen molar-refractivity contribution in [2.75, 3.05) is 52.5 Å². The number of aliphatic imine (C=N–C) groups is 1. The van der Waals surface area contributed by atoms with Crippen LogP contribution in [0.2, 0.25) is 0 Å². The predicted octanol–water partition coefficient (Wildman–Crippen LogP) is 2.68. The Hall–Kier alpha value is -0.900. The van der Waals surface area contributed by atoms with E-state index in [0.717, 1.165) is 45.4 Å². The first-order valence-corrected chi connectivity index (χ1v) is 10.5. The van der Waals surface area contributed by atoms with Gasteiger partial charge in [-0.1, -0.05) is 44.2 Å². The number of nitrogens with zero attached hydrogens (tertiary/aromatic N) is 2. The van der Waals surface area contributed by atoms with E-state index in [1.165, 1.54) is 5.56 Å². The smallest absolute Gasteiger partial charge is 0.191 e. The number of halogens is 1. The molecule has 0 amide bonds. The molecule has 0 aromatic heterocycles. The van der Waals surface area contributed by atoms with Crippen molar-refractivity contribution in [2.45, 2.75) is 39.2 Å². The highest BCUT2D eigenvalue weighted by atomic mass is 127. The quantitative estimate of drug-likeness (QED) is 0.267. The van der Waals surface area contributed by atoms with E-state index in [0.29, 0.717) is 24.9 Å². The van der Waals surface area contributed by atoms with Gasteiger partial charge in [-0.2, -0.15) is 0 Å². The summed E-state index contributed by atoms with van der Waals surface area (Å²) in [7, 11) is 0. The molecule has 1 aromatic rings. The van der Waals surface area contributed by atoms with E-state index in [2.05, 4.69) is 71.6 Å². The molecule has 1 aliphatic heterocycles. The Morgan fingerprint density at radius 3 is 2.45 bits per heavy atom. The van der Waals surface area contributed by atoms with Crippen LogP contribution in [0.1, 0.15) is 39.2 Å². The molecule has 29 heavy (non-hydrogen) atoms. The number of nitrogens with one attached hydrogen (secondary N) is 2. The fourth-order valence-corrected chi connectivity index (χ4v) is 3.53. The summed E-state index contributed by atoms with van der Waals surface area (Å²) in [6.45, 7) is 14.2. The number of aliphatic hydroxyl groups is 1. The van der Waals surface area contributed by atoms with Crippen molar-refractivity contribution in [1.29, 1.82) is 0 Å². The molecule has 2 rings (SSSR count). The molecule has 0 spiro atoms. The van der Waals surface area contributed by atoms with Crippen molar-refractivity contribution in [1.82, 2.24) is 15.5 Å². The van der Waals surface area contributed by atoms with Crippen LogP contribution in [0.5, 0.6) is 0 Å². The Morgan fingerprint density at radius 1 is 1.21 bits per heavy atom. The Balaban J connectivity index is 0.00000420. The van der Waals surface area contributed by atoms with Gasteiger partial charge in [0.05, 0.1) is 25.4 Å². The molecule has 2 atom stereocenters. The van der Waals surface area contributed by atoms with E-state index in [1.54, 1.807) is 0 Å². The average Bonchev–Trinajstić information content (AvgIpc) is 2.67. The number of hydrogen-bond acceptors (Lipinski definition) is 4. The normalized spacial score (nSPS) is 18.6. The van der Waals surface area contributed by atoms with E-state index < -0.39 is 5.60 Å². The number of ether oxygens (including phenoxy) is 1. The number of rotatable bonds is 9. The Bertz CT molecular complexity index is 590. The Labute approximate surface area is 193 Å². The molecule has 1 saturated heterocycles. The minimum Gasteiger partial charge on any atom is -0.387 e. The van der Waals surface area contributed by atoms with Gasteiger partial charge in [-0.25, -0.2) is 0 Å². The second-order valence-electron chi connectivity index (χ2n) is 8.22. The maximum absolute atomic E-state index is 10.8. The van der Waals surface area contributed by atoms with E-state index in [9.17, 15) is 5.11 Å². The molecule has 1 aliphatic rings. The van der Waals surface area contributed by atoms with Gasteiger partial charge in [0.1, 0.15) is 0 Å². The molecular formula is C22H39IN4O2. The Morgan fingerprint density at radius 2 is 1.86 bits per heavy atom. The van der Waals surface area contributed by atoms with E-state index in [1.807, 2.05) is 6.92 Å². The van der Waals surface area contributed by atoms with Crippen LogP contribution in [-0.4, -0.2) is 74.0 Å². The molecule has 1 aromatic carbocycles. The lowest BCUT2D eigenvalue weighted by atomic mass is 9.88. The maximum atomic E-state index is 10.8. The van der Waals surface area contributed by atoms with Crippen molar-refractivity contribution < 1.29 is 9.84 Å². The zero-order valence-corrected chi connectivity index (χ0v) is 20.7. The van der Waals surface area contributed by atoms with Gasteiger partial charge < -0.3 is 20.5 Å². The number of benzene rings is 1. The van der Waals surface area contributed by atoms with Crippen LogP contribution in [0, 0.1) is 5.92 Å². The highest BCUT2D eigenvalue weighted by Gasteiger charge is 2.25. The summed E-state index contributed by atoms with van der Waals surface area (Å²) in [5, 5.41) is 17.6. The highest BCUT2D eigenvalue weighted by Crippen LogP contribution is 2.23. The van der Waals surface area contributed by atoms with E-state index in [4.69, 9.17) is 4.74 Å². The summed E-state index contributed by atoms with van der Waals surface area (Å²) in [4.78, 5) is 6.90. The van der Waals surface area contributed by atoms with Crippen molar-refractivity contribution in [3.05, 3.63) is 35.9 Å². The zero-order valence-electron chi connectivity index (χ0n) is 18.4. The van der Waals surface area contributed by atoms with Gasteiger partial charge in [-0.15, -0.1) is 24.0 Å². The van der Waals surface area contributed by atoms with Gasteiger partial charge in [0.2, 0.25) is 0 Å². The third-order valence-corrected chi connectivity index (χ3v) is 5.11. The van der Waals surface area contributed by atoms with Crippen LogP contribution in [0.15, 0.2) is 35.3 Å². The van der Waals surface area contributed by atoms with Gasteiger partial charge in [0.25, 0.3) is 0 Å². The molecule has 0 bridgehead atoms. The SMILES string of the molecule is CCNC(=NCC(C)(O)CN1CCOCC1)NCC(c1ccccc1)C(C)C.I. The van der Waals surface area contributed by atoms with Crippen LogP contribution >= 0.6 is 24.0 Å². The number of β-amino-alcohol motifs (C(OH)–C–C–N with tert-alkyl or cyclic N) is 1. The summed E-state index contributed by atoms with van der Waals surface area (Å²) in [6, 6.07) is 10.6. The van der Waals surface area contributed by atoms with Crippen molar-refractivity contribution >= 4 is 29.9 Å². The fourth-order valence-electron chi connectivity index (χ4n) is 3.53. The second-order valence-corrected chi connectivity index (χ2v) is 8.22. The molecular weight excluding hydrogens is 479 g/mol. The summed E-state index contributed by atoms with van der Waals surface area (Å²) in [5.74, 6) is 1.67. The molecule has 2 unspecified atom stereocenters. The molecule has 166 valence electrons. The number of morpholine rings is 1. The average molecular weight is 518 g/mol. The highest BCUT2D eigenvalue weighted by molar-refractivity contribution is 14.0. The first-order chi connectivity index (χ1) is 13.4. The van der Waals surface area contributed by atoms with Crippen LogP contribution in [0.25, 0.3) is 0 Å². The molecule has 0 radical (unpaired) electrons. The van der Waals surface area contributed by atoms with Gasteiger partial charge in [0.15, 0.2) is 5.96 Å². The molecule has 3 N–H and O–H groups in total. The van der Waals surface area contributed by atoms with Crippen LogP contribution in [0.3, 0.4) is 0 Å². The minimum atomic E-state index is -0.865. The summed E-state index contributed by atoms with van der Waals surface area (Å²) < 4.78 is 5.38. The number of hydrogen-bond donors (Lipinski definition) is 3. The van der Waals surface area contributed by atoms with E-state index in [-0.39, 0.29) is 24.0 Å². The van der Waals surface area contributed by atoms with Gasteiger partial charge in [-0.05, 0) is 25.3 Å². The number of guanidine groups is 1. The molecule has 6 nitrogen and oxygen atoms in total. The van der Waals surface area contributed by atoms with Crippen molar-refractivity contribution in [2.24, 2.45) is 10.9 Å². The first kappa shape index (κ1) is 26.1. The molecule has 0 saturated carbocycles. The third-order valence-electron chi connectivity index (χ3n) is 5.11. The monoisotopic (exact) mass is 518 g/mol. The fraction of sp³-hybridized carbons (Fsp3) is 0.682. The van der Waals surface area contributed by atoms with Crippen molar-refractivity contribution in [3.63, 3.8) is 0 Å². The maximum Gasteiger partial charge on any atom is 0.191 e. The molecule has 1 heterocycles. The zero-order chi connectivity index (χ0) is 20.4. The van der Waals surface area contributed by atoms with Crippen LogP contribution in [-0.2, 0) is 4.74 Å². The molecule has 0 aliphatic carbocycles. The molecule has 1 fully saturated rings. The lowest BCUT2D eigenvalue weighted by Gasteiger charge is -2.33. The van der Waals surface area contributed by atoms with Gasteiger partial charge >= 0.3 is 0 Å². The standard InChI is InChI=1S/C22H38N4O2.HI/c1-5-23-21(24-15-20(18(2)3)19-9-7-6-8-10-19)25-16-22(4,27)17-26-11-13-28-14-12-26;/h6-10,18,20,27H,5,11-17H2,1-4H3,(H2,23,24,25);1H. The van der Waals surface area contributed by atoms with E-state index >= 15 is 0 Å². The lowest BCUT2D eigenvalue weighted by Crippen LogP contribution is -2.48. The summed E-state index contributed by atoms with van der Waals surface area (Å²) in [5.41, 5.74) is 0.469. The summed E-state index contributed by atoms with van der Waals surface area (Å²) in [6.07, 6.45) is 0. The first-order valence-electron chi connectivity index (χ1n) is 10.5. The topological polar surface area (TPSA) is 69.1 Å². The molecule has 7 heteroatoms. The largest absolute Gasteiger partial charge is 0.387 e.